The maximum absolute atomic E-state index is 6.06. The smallest absolute Gasteiger partial charge is 0.227 e. The van der Waals surface area contributed by atoms with E-state index in [1.807, 2.05) is 109 Å². The topological polar surface area (TPSA) is 117 Å². The van der Waals surface area contributed by atoms with Crippen molar-refractivity contribution in [2.75, 3.05) is 0 Å². The van der Waals surface area contributed by atoms with Crippen LogP contribution in [-0.4, -0.2) is 34.9 Å². The van der Waals surface area contributed by atoms with Gasteiger partial charge in [0.2, 0.25) is 5.71 Å². The zero-order valence-electron chi connectivity index (χ0n) is 49.4. The second-order valence-corrected chi connectivity index (χ2v) is 22.8. The van der Waals surface area contributed by atoms with Gasteiger partial charge in [-0.05, 0) is 126 Å². The molecule has 0 amide bonds. The van der Waals surface area contributed by atoms with Crippen LogP contribution in [0.4, 0.5) is 0 Å². The van der Waals surface area contributed by atoms with Crippen LogP contribution in [0.25, 0.3) is 178 Å². The van der Waals surface area contributed by atoms with Crippen LogP contribution in [0.2, 0.25) is 0 Å². The van der Waals surface area contributed by atoms with Gasteiger partial charge >= 0.3 is 0 Å². The number of fused-ring (bicyclic) bond motifs is 10. The van der Waals surface area contributed by atoms with Crippen molar-refractivity contribution >= 4 is 76.3 Å². The molecule has 18 aromatic rings. The Morgan fingerprint density at radius 2 is 0.609 bits per heavy atom. The minimum Gasteiger partial charge on any atom is -0.456 e. The van der Waals surface area contributed by atoms with Gasteiger partial charge in [-0.2, -0.15) is 0 Å². The molecule has 9 nitrogen and oxygen atoms in total. The molecule has 430 valence electrons. The zero-order chi connectivity index (χ0) is 60.9. The van der Waals surface area contributed by atoms with Gasteiger partial charge in [-0.1, -0.05) is 243 Å². The van der Waals surface area contributed by atoms with Crippen molar-refractivity contribution in [3.63, 3.8) is 0 Å². The van der Waals surface area contributed by atoms with E-state index in [-0.39, 0.29) is 0 Å². The van der Waals surface area contributed by atoms with Gasteiger partial charge in [0.05, 0.1) is 0 Å². The van der Waals surface area contributed by atoms with E-state index >= 15 is 0 Å². The van der Waals surface area contributed by atoms with E-state index in [4.69, 9.17) is 38.7 Å². The van der Waals surface area contributed by atoms with Gasteiger partial charge in [0, 0.05) is 61.1 Å². The lowest BCUT2D eigenvalue weighted by Gasteiger charge is -2.13. The fraction of sp³-hybridized carbons (Fsp3) is 0. The first-order chi connectivity index (χ1) is 45.5. The summed E-state index contributed by atoms with van der Waals surface area (Å²) in [6.45, 7) is 0. The van der Waals surface area contributed by atoms with Gasteiger partial charge in [-0.3, -0.25) is 0 Å². The van der Waals surface area contributed by atoms with Gasteiger partial charge in [-0.15, -0.1) is 0 Å². The van der Waals surface area contributed by atoms with E-state index in [1.165, 1.54) is 32.5 Å². The molecule has 0 aliphatic carbocycles. The molecule has 13 aromatic carbocycles. The van der Waals surface area contributed by atoms with Crippen LogP contribution in [0, 0.1) is 0 Å². The summed E-state index contributed by atoms with van der Waals surface area (Å²) in [4.78, 5) is 34.2. The second-order valence-electron chi connectivity index (χ2n) is 22.8. The molecule has 0 atom stereocenters. The number of rotatable bonds is 9. The zero-order valence-corrected chi connectivity index (χ0v) is 49.4. The summed E-state index contributed by atoms with van der Waals surface area (Å²) in [6.07, 6.45) is 1.75. The predicted molar refractivity (Wildman–Crippen MR) is 373 cm³/mol. The highest BCUT2D eigenvalue weighted by Gasteiger charge is 2.18. The SMILES string of the molecule is c1ccc(-c2nc(-c3ccc(-c4ccc5oc6ccccc6c5c4)cc3)nc(-c3cccc(-c4cc5ccccc5c5ccccc45)c3)n2)cc1.c1ccc(-c2nc(-c3ccc(-c4ccc5oc6ncccc6c5c4)cc3)nc(-c3ccc4ccccc4c3)n2)cc1. The molecule has 0 saturated heterocycles. The second kappa shape index (κ2) is 22.8. The Bertz CT molecular complexity index is 5830. The standard InChI is InChI=1S/C47H29N3O.C36H22N4O/c1-2-11-31(12-3-1)45-48-46(32-23-21-30(22-24-32)33-25-26-44-42(28-33)40-19-8-9-20-43(40)51-44)50-47(49-45)36-15-10-14-34(27-36)41-29-35-13-4-5-16-37(35)38-17-6-7-18-39(38)41;1-2-8-25(9-3-1)33-38-34(40-35(39-33)29-17-14-23-7-4-5-10-27(23)21-29)26-15-12-24(13-16-26)28-18-19-32-31(22-28)30-11-6-20-37-36(30)41-32/h1-29H;1-22H. The predicted octanol–water partition coefficient (Wildman–Crippen LogP) is 21.4. The Morgan fingerprint density at radius 3 is 1.24 bits per heavy atom. The van der Waals surface area contributed by atoms with E-state index in [0.29, 0.717) is 40.7 Å². The summed E-state index contributed by atoms with van der Waals surface area (Å²) in [7, 11) is 0. The highest BCUT2D eigenvalue weighted by atomic mass is 16.3. The fourth-order valence-electron chi connectivity index (χ4n) is 12.5. The number of benzene rings is 13. The highest BCUT2D eigenvalue weighted by molar-refractivity contribution is 6.14. The summed E-state index contributed by atoms with van der Waals surface area (Å²) >= 11 is 0. The van der Waals surface area contributed by atoms with Crippen LogP contribution in [0.15, 0.2) is 318 Å². The van der Waals surface area contributed by atoms with E-state index in [2.05, 4.69) is 199 Å². The molecule has 0 aliphatic heterocycles. The summed E-state index contributed by atoms with van der Waals surface area (Å²) in [5.74, 6) is 3.83. The van der Waals surface area contributed by atoms with Crippen LogP contribution >= 0.6 is 0 Å². The minimum absolute atomic E-state index is 0.628. The van der Waals surface area contributed by atoms with Crippen molar-refractivity contribution in [1.82, 2.24) is 34.9 Å². The maximum atomic E-state index is 6.06. The molecule has 0 bridgehead atoms. The van der Waals surface area contributed by atoms with E-state index < -0.39 is 0 Å². The van der Waals surface area contributed by atoms with Crippen molar-refractivity contribution in [3.8, 4) is 102 Å². The quantitative estimate of drug-likeness (QED) is 0.130. The summed E-state index contributed by atoms with van der Waals surface area (Å²) in [6, 6.07) is 104. The Labute approximate surface area is 528 Å². The Balaban J connectivity index is 0.000000144. The third-order valence-corrected chi connectivity index (χ3v) is 17.1. The first-order valence-corrected chi connectivity index (χ1v) is 30.6. The summed E-state index contributed by atoms with van der Waals surface area (Å²) in [5.41, 5.74) is 15.6. The van der Waals surface area contributed by atoms with Crippen molar-refractivity contribution in [2.45, 2.75) is 0 Å². The Morgan fingerprint density at radius 1 is 0.196 bits per heavy atom. The molecule has 0 spiro atoms. The minimum atomic E-state index is 0.628. The van der Waals surface area contributed by atoms with Gasteiger partial charge in [0.25, 0.3) is 0 Å². The average molecular weight is 1180 g/mol. The number of pyridine rings is 1. The van der Waals surface area contributed by atoms with E-state index in [9.17, 15) is 0 Å². The molecule has 0 fully saturated rings. The van der Waals surface area contributed by atoms with Crippen molar-refractivity contribution in [2.24, 2.45) is 0 Å². The Kier molecular flexibility index (Phi) is 13.3. The third kappa shape index (κ3) is 10.1. The molecule has 18 rings (SSSR count). The summed E-state index contributed by atoms with van der Waals surface area (Å²) in [5, 5.41) is 11.6. The van der Waals surface area contributed by atoms with E-state index in [1.54, 1.807) is 6.20 Å². The van der Waals surface area contributed by atoms with Crippen molar-refractivity contribution in [3.05, 3.63) is 310 Å². The monoisotopic (exact) mass is 1180 g/mol. The number of furan rings is 2. The van der Waals surface area contributed by atoms with Gasteiger partial charge < -0.3 is 8.83 Å². The normalized spacial score (nSPS) is 11.5. The third-order valence-electron chi connectivity index (χ3n) is 17.1. The molecule has 0 unspecified atom stereocenters. The van der Waals surface area contributed by atoms with Crippen LogP contribution < -0.4 is 0 Å². The van der Waals surface area contributed by atoms with Crippen LogP contribution in [-0.2, 0) is 0 Å². The lowest BCUT2D eigenvalue weighted by atomic mass is 9.92. The molecule has 0 radical (unpaired) electrons. The average Bonchev–Trinajstić information content (AvgIpc) is 1.49. The largest absolute Gasteiger partial charge is 0.456 e. The molecule has 92 heavy (non-hydrogen) atoms. The lowest BCUT2D eigenvalue weighted by molar-refractivity contribution is 0.654. The van der Waals surface area contributed by atoms with E-state index in [0.717, 1.165) is 105 Å². The first-order valence-electron chi connectivity index (χ1n) is 30.6. The number of aromatic nitrogens is 7. The molecular weight excluding hydrogens is 1130 g/mol. The molecule has 0 saturated carbocycles. The molecule has 5 aromatic heterocycles. The fourth-order valence-corrected chi connectivity index (χ4v) is 12.5. The molecule has 5 heterocycles. The molecule has 9 heteroatoms. The van der Waals surface area contributed by atoms with Crippen molar-refractivity contribution in [1.29, 1.82) is 0 Å². The first kappa shape index (κ1) is 53.6. The maximum Gasteiger partial charge on any atom is 0.227 e. The van der Waals surface area contributed by atoms with Crippen molar-refractivity contribution < 1.29 is 8.83 Å². The summed E-state index contributed by atoms with van der Waals surface area (Å²) < 4.78 is 12.0. The number of nitrogens with zero attached hydrogens (tertiary/aromatic N) is 7. The van der Waals surface area contributed by atoms with Crippen LogP contribution in [0.5, 0.6) is 0 Å². The molecule has 0 N–H and O–H groups in total. The van der Waals surface area contributed by atoms with Gasteiger partial charge in [0.1, 0.15) is 16.7 Å². The van der Waals surface area contributed by atoms with Gasteiger partial charge in [-0.25, -0.2) is 34.9 Å². The lowest BCUT2D eigenvalue weighted by Crippen LogP contribution is -2.00. The number of hydrogen-bond donors (Lipinski definition) is 0. The molecular formula is C83H51N7O2. The van der Waals surface area contributed by atoms with Gasteiger partial charge in [0.15, 0.2) is 34.9 Å². The number of para-hydroxylation sites is 1. The Hall–Kier alpha value is -12.6. The highest BCUT2D eigenvalue weighted by Crippen LogP contribution is 2.39. The molecule has 0 aliphatic rings. The number of hydrogen-bond acceptors (Lipinski definition) is 9. The van der Waals surface area contributed by atoms with Crippen LogP contribution in [0.1, 0.15) is 0 Å². The van der Waals surface area contributed by atoms with Crippen LogP contribution in [0.3, 0.4) is 0 Å².